The molecule has 0 aliphatic carbocycles. The Morgan fingerprint density at radius 1 is 0.979 bits per heavy atom. The Morgan fingerprint density at radius 3 is 2.06 bits per heavy atom. The van der Waals surface area contributed by atoms with Gasteiger partial charge in [0, 0.05) is 15.6 Å². The van der Waals surface area contributed by atoms with Crippen LogP contribution in [0.25, 0.3) is 0 Å². The van der Waals surface area contributed by atoms with Crippen LogP contribution in [-0.2, 0) is 29.5 Å². The normalized spacial score (nSPS) is 17.8. The van der Waals surface area contributed by atoms with Crippen LogP contribution in [0.1, 0.15) is 22.4 Å². The second-order valence-corrected chi connectivity index (χ2v) is 13.3. The van der Waals surface area contributed by atoms with Crippen molar-refractivity contribution >= 4 is 74.3 Å². The molecular formula is C34H30IN5O5S2. The minimum atomic E-state index is -0.858. The number of carbonyl (C=O) groups is 3. The molecule has 2 aliphatic heterocycles. The highest BCUT2D eigenvalue weighted by molar-refractivity contribution is 14.1. The first-order valence-corrected chi connectivity index (χ1v) is 18.0. The number of thioether (sulfide) groups is 1. The zero-order valence-electron chi connectivity index (χ0n) is 25.4. The van der Waals surface area contributed by atoms with Crippen molar-refractivity contribution in [2.45, 2.75) is 17.0 Å². The topological polar surface area (TPSA) is 122 Å². The SMILES string of the molecule is CON=C(C(=O)N[C@@H]1C(=O)N2C(C(=O)OC)=C(CI)CS[C@@H]12)c1csc(NC(c2ccccc2)(c2ccccc2)c2ccccc2)n1. The average molecular weight is 780 g/mol. The van der Waals surface area contributed by atoms with Gasteiger partial charge in [0.05, 0.1) is 7.11 Å². The zero-order valence-corrected chi connectivity index (χ0v) is 29.2. The molecule has 0 saturated carbocycles. The lowest BCUT2D eigenvalue weighted by atomic mass is 9.77. The smallest absolute Gasteiger partial charge is 0.354 e. The summed E-state index contributed by atoms with van der Waals surface area (Å²) in [4.78, 5) is 50.7. The summed E-state index contributed by atoms with van der Waals surface area (Å²) in [5, 5.41) is 12.3. The third-order valence-electron chi connectivity index (χ3n) is 7.93. The van der Waals surface area contributed by atoms with Crippen LogP contribution in [0.3, 0.4) is 0 Å². The Morgan fingerprint density at radius 2 is 1.55 bits per heavy atom. The molecule has 6 rings (SSSR count). The van der Waals surface area contributed by atoms with Gasteiger partial charge in [-0.1, -0.05) is 119 Å². The fourth-order valence-corrected chi connectivity index (χ4v) is 8.85. The molecule has 3 aromatic carbocycles. The van der Waals surface area contributed by atoms with Crippen molar-refractivity contribution in [2.75, 3.05) is 29.7 Å². The van der Waals surface area contributed by atoms with Crippen LogP contribution in [0.4, 0.5) is 5.13 Å². The number of halogens is 1. The Labute approximate surface area is 293 Å². The van der Waals surface area contributed by atoms with E-state index in [1.54, 1.807) is 5.38 Å². The molecule has 10 nitrogen and oxygen atoms in total. The highest BCUT2D eigenvalue weighted by atomic mass is 127. The van der Waals surface area contributed by atoms with Crippen molar-refractivity contribution in [3.63, 3.8) is 0 Å². The van der Waals surface area contributed by atoms with Crippen molar-refractivity contribution in [2.24, 2.45) is 5.16 Å². The molecule has 2 aliphatic rings. The molecule has 3 heterocycles. The fraction of sp³-hybridized carbons (Fsp3) is 0.206. The number of nitrogens with one attached hydrogen (secondary N) is 2. The first kappa shape index (κ1) is 32.7. The van der Waals surface area contributed by atoms with Crippen LogP contribution >= 0.6 is 45.7 Å². The quantitative estimate of drug-likeness (QED) is 0.0408. The molecule has 0 bridgehead atoms. The Hall–Kier alpha value is -4.21. The lowest BCUT2D eigenvalue weighted by molar-refractivity contribution is -0.151. The molecule has 4 aromatic rings. The number of nitrogens with zero attached hydrogens (tertiary/aromatic N) is 3. The van der Waals surface area contributed by atoms with Gasteiger partial charge in [0.1, 0.15) is 35.5 Å². The molecule has 0 spiro atoms. The zero-order chi connectivity index (χ0) is 33.0. The first-order chi connectivity index (χ1) is 22.9. The minimum absolute atomic E-state index is 0.0784. The van der Waals surface area contributed by atoms with Crippen LogP contribution in [0.15, 0.2) is 113 Å². The number of oxime groups is 1. The molecular weight excluding hydrogens is 749 g/mol. The third kappa shape index (κ3) is 6.14. The van der Waals surface area contributed by atoms with Gasteiger partial charge >= 0.3 is 5.97 Å². The third-order valence-corrected chi connectivity index (χ3v) is 11.0. The van der Waals surface area contributed by atoms with E-state index >= 15 is 0 Å². The average Bonchev–Trinajstić information content (AvgIpc) is 3.59. The molecule has 0 radical (unpaired) electrons. The number of ether oxygens (including phenoxy) is 1. The molecule has 240 valence electrons. The van der Waals surface area contributed by atoms with E-state index in [4.69, 9.17) is 14.6 Å². The number of carbonyl (C=O) groups excluding carboxylic acids is 3. The van der Waals surface area contributed by atoms with Gasteiger partial charge in [-0.05, 0) is 22.3 Å². The van der Waals surface area contributed by atoms with Gasteiger partial charge in [-0.25, -0.2) is 9.78 Å². The number of benzene rings is 3. The van der Waals surface area contributed by atoms with Crippen molar-refractivity contribution in [3.8, 4) is 0 Å². The number of esters is 1. The minimum Gasteiger partial charge on any atom is -0.464 e. The number of aromatic nitrogens is 1. The summed E-state index contributed by atoms with van der Waals surface area (Å²) in [7, 11) is 2.63. The maximum absolute atomic E-state index is 13.6. The molecule has 2 atom stereocenters. The van der Waals surface area contributed by atoms with Crippen molar-refractivity contribution in [1.82, 2.24) is 15.2 Å². The number of fused-ring (bicyclic) bond motifs is 1. The predicted molar refractivity (Wildman–Crippen MR) is 191 cm³/mol. The second-order valence-electron chi connectivity index (χ2n) is 10.6. The van der Waals surface area contributed by atoms with Gasteiger partial charge in [0.25, 0.3) is 11.8 Å². The summed E-state index contributed by atoms with van der Waals surface area (Å²) in [6, 6.07) is 29.5. The lowest BCUT2D eigenvalue weighted by Crippen LogP contribution is -2.71. The number of anilines is 1. The van der Waals surface area contributed by atoms with E-state index in [0.717, 1.165) is 22.3 Å². The van der Waals surface area contributed by atoms with Crippen LogP contribution in [-0.4, -0.2) is 69.2 Å². The maximum Gasteiger partial charge on any atom is 0.354 e. The summed E-state index contributed by atoms with van der Waals surface area (Å²) in [5.74, 6) is -1.04. The Balaban J connectivity index is 1.30. The van der Waals surface area contributed by atoms with Gasteiger partial charge in [-0.15, -0.1) is 23.1 Å². The number of thiazole rings is 1. The second kappa shape index (κ2) is 14.3. The highest BCUT2D eigenvalue weighted by Gasteiger charge is 2.54. The largest absolute Gasteiger partial charge is 0.464 e. The summed E-state index contributed by atoms with van der Waals surface area (Å²) >= 11 is 4.96. The van der Waals surface area contributed by atoms with Gasteiger partial charge in [-0.3, -0.25) is 14.5 Å². The molecule has 1 aromatic heterocycles. The predicted octanol–water partition coefficient (Wildman–Crippen LogP) is 5.16. The van der Waals surface area contributed by atoms with Gasteiger partial charge in [0.15, 0.2) is 10.8 Å². The van der Waals surface area contributed by atoms with E-state index < -0.39 is 34.7 Å². The summed E-state index contributed by atoms with van der Waals surface area (Å²) in [6.45, 7) is 0. The van der Waals surface area contributed by atoms with Gasteiger partial charge in [-0.2, -0.15) is 0 Å². The monoisotopic (exact) mass is 779 g/mol. The number of hydrogen-bond acceptors (Lipinski definition) is 10. The number of rotatable bonds is 11. The summed E-state index contributed by atoms with van der Waals surface area (Å²) in [5.41, 5.74) is 3.46. The van der Waals surface area contributed by atoms with Crippen LogP contribution in [0.2, 0.25) is 0 Å². The van der Waals surface area contributed by atoms with E-state index in [1.165, 1.54) is 42.2 Å². The molecule has 2 amide bonds. The lowest BCUT2D eigenvalue weighted by Gasteiger charge is -2.49. The van der Waals surface area contributed by atoms with Crippen LogP contribution in [0, 0.1) is 0 Å². The Kier molecular flexibility index (Phi) is 9.94. The number of alkyl halides is 1. The molecule has 1 fully saturated rings. The van der Waals surface area contributed by atoms with Gasteiger partial charge < -0.3 is 20.2 Å². The van der Waals surface area contributed by atoms with E-state index in [2.05, 4.69) is 74.8 Å². The highest BCUT2D eigenvalue weighted by Crippen LogP contribution is 2.42. The maximum atomic E-state index is 13.6. The summed E-state index contributed by atoms with van der Waals surface area (Å²) in [6.07, 6.45) is 0. The van der Waals surface area contributed by atoms with E-state index in [0.29, 0.717) is 15.3 Å². The number of methoxy groups -OCH3 is 1. The fourth-order valence-electron chi connectivity index (χ4n) is 5.76. The molecule has 2 N–H and O–H groups in total. The van der Waals surface area contributed by atoms with Gasteiger partial charge in [0.2, 0.25) is 0 Å². The molecule has 13 heteroatoms. The first-order valence-electron chi connectivity index (χ1n) is 14.6. The van der Waals surface area contributed by atoms with E-state index in [-0.39, 0.29) is 17.1 Å². The standard InChI is InChI=1S/C34H30IN5O5S2/c1-44-32(43)28-21(18-35)19-46-31-27(30(42)40(28)31)37-29(41)26(39-45-2)25-20-47-33(36-25)38-34(22-12-6-3-7-13-22,23-14-8-4-9-15-23)24-16-10-5-11-17-24/h3-17,20,27,31H,18-19H2,1-2H3,(H,36,38)(H,37,41)/t27-,31+/m1/s1. The van der Waals surface area contributed by atoms with Crippen LogP contribution in [0.5, 0.6) is 0 Å². The van der Waals surface area contributed by atoms with Crippen molar-refractivity contribution < 1.29 is 24.0 Å². The Bertz CT molecular complexity index is 1740. The van der Waals surface area contributed by atoms with Crippen molar-refractivity contribution in [1.29, 1.82) is 0 Å². The summed E-state index contributed by atoms with van der Waals surface area (Å²) < 4.78 is 5.53. The number of hydrogen-bond donors (Lipinski definition) is 2. The number of amides is 2. The number of β-lactam (4-membered cyclic amide) rings is 1. The van der Waals surface area contributed by atoms with E-state index in [9.17, 15) is 14.4 Å². The van der Waals surface area contributed by atoms with Crippen LogP contribution < -0.4 is 10.6 Å². The molecule has 47 heavy (non-hydrogen) atoms. The van der Waals surface area contributed by atoms with Crippen molar-refractivity contribution in [3.05, 3.63) is 130 Å². The molecule has 0 unspecified atom stereocenters. The van der Waals surface area contributed by atoms with E-state index in [1.807, 2.05) is 54.6 Å². The molecule has 1 saturated heterocycles.